The second-order valence-corrected chi connectivity index (χ2v) is 8.45. The van der Waals surface area contributed by atoms with Crippen LogP contribution in [0.1, 0.15) is 61.1 Å². The van der Waals surface area contributed by atoms with Gasteiger partial charge in [0.2, 0.25) is 0 Å². The summed E-state index contributed by atoms with van der Waals surface area (Å²) in [5.74, 6) is 0.950. The van der Waals surface area contributed by atoms with Crippen LogP contribution in [-0.2, 0) is 6.42 Å². The molecule has 0 bridgehead atoms. The smallest absolute Gasteiger partial charge is 0.336 e. The Morgan fingerprint density at radius 3 is 2.77 bits per heavy atom. The zero-order valence-electron chi connectivity index (χ0n) is 17.6. The van der Waals surface area contributed by atoms with Gasteiger partial charge in [-0.2, -0.15) is 0 Å². The monoisotopic (exact) mass is 399 g/mol. The van der Waals surface area contributed by atoms with E-state index in [4.69, 9.17) is 14.1 Å². The summed E-state index contributed by atoms with van der Waals surface area (Å²) in [7, 11) is 0. The molecule has 1 aliphatic rings. The molecule has 0 radical (unpaired) electrons. The van der Waals surface area contributed by atoms with E-state index in [9.17, 15) is 4.79 Å². The van der Waals surface area contributed by atoms with E-state index in [0.717, 1.165) is 41.4 Å². The highest BCUT2D eigenvalue weighted by Gasteiger charge is 2.26. The molecule has 0 saturated heterocycles. The lowest BCUT2D eigenvalue weighted by Crippen LogP contribution is -2.18. The van der Waals surface area contributed by atoms with E-state index in [2.05, 4.69) is 39.0 Å². The van der Waals surface area contributed by atoms with Gasteiger partial charge in [-0.1, -0.05) is 32.0 Å². The van der Waals surface area contributed by atoms with E-state index in [0.29, 0.717) is 11.3 Å². The molecule has 2 heterocycles. The third kappa shape index (κ3) is 3.17. The van der Waals surface area contributed by atoms with Crippen molar-refractivity contribution in [2.24, 2.45) is 0 Å². The van der Waals surface area contributed by atoms with Crippen molar-refractivity contribution in [3.63, 3.8) is 0 Å². The number of hydrogen-bond acceptors (Lipinski definition) is 4. The van der Waals surface area contributed by atoms with Gasteiger partial charge in [0.1, 0.15) is 17.4 Å². The number of nitrogens with zero attached hydrogens (tertiary/aromatic N) is 1. The number of pyridine rings is 1. The lowest BCUT2D eigenvalue weighted by Gasteiger charge is -2.27. The quantitative estimate of drug-likeness (QED) is 0.383. The Bertz CT molecular complexity index is 1320. The van der Waals surface area contributed by atoms with Crippen molar-refractivity contribution >= 4 is 21.9 Å². The second kappa shape index (κ2) is 7.28. The van der Waals surface area contributed by atoms with Crippen molar-refractivity contribution in [3.05, 3.63) is 81.3 Å². The highest BCUT2D eigenvalue weighted by molar-refractivity contribution is 5.84. The number of ether oxygens (including phenoxy) is 1. The molecule has 4 nitrogen and oxygen atoms in total. The van der Waals surface area contributed by atoms with Crippen LogP contribution in [-0.4, -0.2) is 4.98 Å². The third-order valence-electron chi connectivity index (χ3n) is 6.16. The van der Waals surface area contributed by atoms with Crippen LogP contribution in [0.2, 0.25) is 0 Å². The highest BCUT2D eigenvalue weighted by atomic mass is 16.5. The number of aromatic nitrogens is 1. The van der Waals surface area contributed by atoms with Gasteiger partial charge in [0.15, 0.2) is 0 Å². The number of hydrogen-bond donors (Lipinski definition) is 0. The Hall–Kier alpha value is -3.14. The predicted octanol–water partition coefficient (Wildman–Crippen LogP) is 6.23. The second-order valence-electron chi connectivity index (χ2n) is 8.45. The Kier molecular flexibility index (Phi) is 4.58. The Labute approximate surface area is 175 Å². The predicted molar refractivity (Wildman–Crippen MR) is 119 cm³/mol. The fourth-order valence-corrected chi connectivity index (χ4v) is 4.62. The van der Waals surface area contributed by atoms with Gasteiger partial charge in [-0.15, -0.1) is 0 Å². The fraction of sp³-hybridized carbons (Fsp3) is 0.308. The van der Waals surface area contributed by atoms with Crippen molar-refractivity contribution < 1.29 is 9.15 Å². The van der Waals surface area contributed by atoms with Gasteiger partial charge in [-0.25, -0.2) is 9.78 Å². The molecule has 4 heteroatoms. The van der Waals surface area contributed by atoms with E-state index >= 15 is 0 Å². The summed E-state index contributed by atoms with van der Waals surface area (Å²) in [5, 5.41) is 2.17. The minimum Gasteiger partial charge on any atom is -0.484 e. The van der Waals surface area contributed by atoms with Gasteiger partial charge in [0.05, 0.1) is 11.2 Å². The first-order valence-electron chi connectivity index (χ1n) is 10.6. The molecule has 1 aliphatic carbocycles. The van der Waals surface area contributed by atoms with Crippen LogP contribution in [0, 0.1) is 6.92 Å². The van der Waals surface area contributed by atoms with Gasteiger partial charge in [-0.3, -0.25) is 0 Å². The van der Waals surface area contributed by atoms with Crippen LogP contribution in [0.3, 0.4) is 0 Å². The molecular formula is C26H25NO3. The molecule has 1 atom stereocenters. The number of fused-ring (bicyclic) bond motifs is 3. The van der Waals surface area contributed by atoms with E-state index in [-0.39, 0.29) is 17.6 Å². The van der Waals surface area contributed by atoms with E-state index in [1.807, 2.05) is 24.3 Å². The van der Waals surface area contributed by atoms with Crippen LogP contribution >= 0.6 is 0 Å². The van der Waals surface area contributed by atoms with Gasteiger partial charge in [0.25, 0.3) is 0 Å². The van der Waals surface area contributed by atoms with Crippen molar-refractivity contribution in [2.45, 2.75) is 52.1 Å². The maximum absolute atomic E-state index is 12.0. The summed E-state index contributed by atoms with van der Waals surface area (Å²) < 4.78 is 11.9. The molecule has 0 saturated carbocycles. The molecule has 2 aromatic carbocycles. The average molecular weight is 399 g/mol. The normalized spacial score (nSPS) is 16.2. The molecule has 5 rings (SSSR count). The highest BCUT2D eigenvalue weighted by Crippen LogP contribution is 2.37. The Morgan fingerprint density at radius 1 is 1.10 bits per heavy atom. The number of rotatable bonds is 3. The minimum absolute atomic E-state index is 0.102. The summed E-state index contributed by atoms with van der Waals surface area (Å²) in [5.41, 5.74) is 5.90. The zero-order valence-corrected chi connectivity index (χ0v) is 17.6. The number of aryl methyl sites for hydroxylation is 1. The zero-order chi connectivity index (χ0) is 20.8. The van der Waals surface area contributed by atoms with Crippen molar-refractivity contribution in [1.29, 1.82) is 0 Å². The maximum atomic E-state index is 12.0. The van der Waals surface area contributed by atoms with Crippen LogP contribution in [0.15, 0.2) is 57.7 Å². The first-order valence-corrected chi connectivity index (χ1v) is 10.6. The van der Waals surface area contributed by atoms with E-state index in [1.54, 1.807) is 6.07 Å². The Balaban J connectivity index is 1.56. The van der Waals surface area contributed by atoms with Crippen LogP contribution < -0.4 is 10.4 Å². The molecule has 2 aromatic heterocycles. The SMILES string of the molecule is Cc1c2c(nc3ccccc13)C(Oc1ccc3c(C(C)C)cc(=O)oc3c1)CCC2. The molecule has 4 aromatic rings. The summed E-state index contributed by atoms with van der Waals surface area (Å²) >= 11 is 0. The summed E-state index contributed by atoms with van der Waals surface area (Å²) in [6, 6.07) is 15.7. The summed E-state index contributed by atoms with van der Waals surface area (Å²) in [4.78, 5) is 17.0. The van der Waals surface area contributed by atoms with E-state index in [1.165, 1.54) is 16.5 Å². The fourth-order valence-electron chi connectivity index (χ4n) is 4.62. The third-order valence-corrected chi connectivity index (χ3v) is 6.16. The molecule has 152 valence electrons. The molecular weight excluding hydrogens is 374 g/mol. The molecule has 0 amide bonds. The van der Waals surface area contributed by atoms with Gasteiger partial charge in [-0.05, 0) is 67.0 Å². The molecule has 30 heavy (non-hydrogen) atoms. The first kappa shape index (κ1) is 18.9. The number of benzene rings is 2. The molecule has 1 unspecified atom stereocenters. The molecule has 0 spiro atoms. The van der Waals surface area contributed by atoms with E-state index < -0.39 is 0 Å². The summed E-state index contributed by atoms with van der Waals surface area (Å²) in [6.45, 7) is 6.34. The summed E-state index contributed by atoms with van der Waals surface area (Å²) in [6.07, 6.45) is 2.92. The average Bonchev–Trinajstić information content (AvgIpc) is 2.73. The van der Waals surface area contributed by atoms with Crippen LogP contribution in [0.4, 0.5) is 0 Å². The van der Waals surface area contributed by atoms with Crippen LogP contribution in [0.5, 0.6) is 5.75 Å². The molecule has 0 fully saturated rings. The molecule has 0 aliphatic heterocycles. The topological polar surface area (TPSA) is 52.3 Å². The largest absolute Gasteiger partial charge is 0.484 e. The van der Waals surface area contributed by atoms with Crippen LogP contribution in [0.25, 0.3) is 21.9 Å². The Morgan fingerprint density at radius 2 is 1.93 bits per heavy atom. The lowest BCUT2D eigenvalue weighted by molar-refractivity contribution is 0.178. The van der Waals surface area contributed by atoms with Crippen molar-refractivity contribution in [2.75, 3.05) is 0 Å². The molecule has 0 N–H and O–H groups in total. The van der Waals surface area contributed by atoms with Crippen molar-refractivity contribution in [1.82, 2.24) is 4.98 Å². The van der Waals surface area contributed by atoms with Crippen molar-refractivity contribution in [3.8, 4) is 5.75 Å². The lowest BCUT2D eigenvalue weighted by atomic mass is 9.88. The first-order chi connectivity index (χ1) is 14.5. The maximum Gasteiger partial charge on any atom is 0.336 e. The van der Waals surface area contributed by atoms with Gasteiger partial charge < -0.3 is 9.15 Å². The van der Waals surface area contributed by atoms with Gasteiger partial charge in [0, 0.05) is 22.9 Å². The van der Waals surface area contributed by atoms with Gasteiger partial charge >= 0.3 is 5.63 Å². The number of para-hydroxylation sites is 1. The minimum atomic E-state index is -0.324. The standard InChI is InChI=1S/C26H25NO3/c1-15(2)21-14-25(28)30-24-13-17(11-12-20(21)24)29-23-10-6-8-19-16(3)18-7-4-5-9-22(18)27-26(19)23/h4-5,7,9,11-15,23H,6,8,10H2,1-3H3.